The third-order valence-electron chi connectivity index (χ3n) is 0.998. The Hall–Kier alpha value is -0.250. The van der Waals surface area contributed by atoms with Crippen LogP contribution in [0.3, 0.4) is 0 Å². The first-order chi connectivity index (χ1) is 6.25. The largest absolute Gasteiger partial charge is 0.722 e. The van der Waals surface area contributed by atoms with Gasteiger partial charge in [-0.3, -0.25) is 0 Å². The van der Waals surface area contributed by atoms with E-state index in [1.807, 2.05) is 16.4 Å². The van der Waals surface area contributed by atoms with E-state index in [2.05, 4.69) is 15.9 Å². The van der Waals surface area contributed by atoms with Crippen molar-refractivity contribution in [1.82, 2.24) is 0 Å². The van der Waals surface area contributed by atoms with E-state index < -0.39 is 10.5 Å². The lowest BCUT2D eigenvalue weighted by Gasteiger charge is -1.87. The summed E-state index contributed by atoms with van der Waals surface area (Å²) in [4.78, 5) is 0. The molecular formula is C5H7BrFNO4S2. The van der Waals surface area contributed by atoms with Crippen molar-refractivity contribution >= 4 is 38.0 Å². The summed E-state index contributed by atoms with van der Waals surface area (Å²) < 4.78 is 43.3. The monoisotopic (exact) mass is 307 g/mol. The van der Waals surface area contributed by atoms with Crippen LogP contribution in [0.2, 0.25) is 0 Å². The molecule has 14 heavy (non-hydrogen) atoms. The molecule has 0 bridgehead atoms. The van der Waals surface area contributed by atoms with Gasteiger partial charge < -0.3 is 9.29 Å². The highest BCUT2D eigenvalue weighted by molar-refractivity contribution is 9.10. The van der Waals surface area contributed by atoms with E-state index in [9.17, 15) is 3.89 Å². The van der Waals surface area contributed by atoms with Gasteiger partial charge in [-0.2, -0.15) is 0 Å². The van der Waals surface area contributed by atoms with Gasteiger partial charge in [-0.1, -0.05) is 0 Å². The van der Waals surface area contributed by atoms with Crippen LogP contribution in [0.25, 0.3) is 0 Å². The number of methoxy groups -OCH3 is 1. The molecule has 5 nitrogen and oxygen atoms in total. The van der Waals surface area contributed by atoms with Gasteiger partial charge in [0.2, 0.25) is 0 Å². The predicted octanol–water partition coefficient (Wildman–Crippen LogP) is 0.760. The fourth-order valence-corrected chi connectivity index (χ4v) is 2.02. The number of aryl methyl sites for hydroxylation is 1. The highest BCUT2D eigenvalue weighted by Gasteiger charge is 2.13. The zero-order valence-corrected chi connectivity index (χ0v) is 10.4. The molecule has 0 aromatic carbocycles. The molecule has 1 aromatic rings. The summed E-state index contributed by atoms with van der Waals surface area (Å²) in [6.45, 7) is 0. The summed E-state index contributed by atoms with van der Waals surface area (Å²) in [6, 6.07) is 0. The van der Waals surface area contributed by atoms with Crippen LogP contribution >= 0.6 is 27.5 Å². The van der Waals surface area contributed by atoms with Crippen LogP contribution in [0.4, 0.5) is 3.89 Å². The van der Waals surface area contributed by atoms with Gasteiger partial charge in [0.25, 0.3) is 10.5 Å². The molecule has 0 radical (unpaired) electrons. The van der Waals surface area contributed by atoms with E-state index in [1.54, 1.807) is 18.6 Å². The van der Waals surface area contributed by atoms with E-state index in [4.69, 9.17) is 17.7 Å². The van der Waals surface area contributed by atoms with Gasteiger partial charge in [0.15, 0.2) is 7.05 Å². The highest BCUT2D eigenvalue weighted by atomic mass is 79.9. The van der Waals surface area contributed by atoms with E-state index in [1.165, 1.54) is 0 Å². The molecule has 1 heterocycles. The van der Waals surface area contributed by atoms with Crippen molar-refractivity contribution in [2.45, 2.75) is 0 Å². The summed E-state index contributed by atoms with van der Waals surface area (Å²) in [6.07, 6.45) is 0. The van der Waals surface area contributed by atoms with Crippen molar-refractivity contribution in [2.24, 2.45) is 7.05 Å². The maximum Gasteiger partial charge on any atom is 0.396 e. The molecule has 82 valence electrons. The minimum Gasteiger partial charge on any atom is -0.722 e. The van der Waals surface area contributed by atoms with E-state index in [-0.39, 0.29) is 0 Å². The molecule has 1 aromatic heterocycles. The molecule has 0 aliphatic carbocycles. The van der Waals surface area contributed by atoms with Crippen molar-refractivity contribution in [2.75, 3.05) is 7.11 Å². The van der Waals surface area contributed by atoms with Crippen LogP contribution in [-0.4, -0.2) is 20.1 Å². The van der Waals surface area contributed by atoms with E-state index in [0.29, 0.717) is 0 Å². The summed E-state index contributed by atoms with van der Waals surface area (Å²) in [7, 11) is -1.80. The van der Waals surface area contributed by atoms with Crippen LogP contribution in [-0.2, 0) is 17.6 Å². The Morgan fingerprint density at radius 1 is 1.71 bits per heavy atom. The van der Waals surface area contributed by atoms with Crippen LogP contribution < -0.4 is 8.69 Å². The summed E-state index contributed by atoms with van der Waals surface area (Å²) in [5.41, 5.74) is 0. The summed E-state index contributed by atoms with van der Waals surface area (Å²) >= 11 is 4.94. The molecule has 0 atom stereocenters. The second-order valence-corrected chi connectivity index (χ2v) is 4.61. The normalized spacial score (nSPS) is 10.4. The van der Waals surface area contributed by atoms with Crippen LogP contribution in [0.1, 0.15) is 0 Å². The van der Waals surface area contributed by atoms with Crippen molar-refractivity contribution < 1.29 is 25.5 Å². The number of nitrogens with zero attached hydrogens (tertiary/aromatic N) is 1. The lowest BCUT2D eigenvalue weighted by molar-refractivity contribution is -0.607. The van der Waals surface area contributed by atoms with E-state index in [0.717, 1.165) is 10.4 Å². The third kappa shape index (κ3) is 6.24. The summed E-state index contributed by atoms with van der Waals surface area (Å²) in [5, 5.41) is 1.98. The second-order valence-electron chi connectivity index (χ2n) is 1.97. The van der Waals surface area contributed by atoms with E-state index >= 15 is 0 Å². The zero-order chi connectivity index (χ0) is 11.4. The Bertz CT molecular complexity index is 363. The Kier molecular flexibility index (Phi) is 5.49. The molecule has 0 unspecified atom stereocenters. The SMILES string of the molecule is COc1c(Br)cs[n+]1C.O=S(=O)([O-])F. The Morgan fingerprint density at radius 3 is 2.29 bits per heavy atom. The van der Waals surface area contributed by atoms with Gasteiger partial charge in [-0.25, -0.2) is 8.42 Å². The maximum absolute atomic E-state index is 10.1. The standard InChI is InChI=1S/C5H7BrNOS.FHO3S/c1-7-5(8-2)4(6)3-9-7;1-5(2,3)4/h3H,1-2H3;(H,2,3,4)/q+1;/p-1. The maximum atomic E-state index is 10.1. The molecule has 0 saturated carbocycles. The minimum absolute atomic E-state index is 0.875. The average molecular weight is 308 g/mol. The number of halogens is 2. The quantitative estimate of drug-likeness (QED) is 0.436. The Balaban J connectivity index is 0.000000292. The number of hydrogen-bond acceptors (Lipinski definition) is 5. The van der Waals surface area contributed by atoms with Crippen LogP contribution in [0, 0.1) is 0 Å². The molecular weight excluding hydrogens is 301 g/mol. The Labute approximate surface area is 93.4 Å². The van der Waals surface area contributed by atoms with Crippen molar-refractivity contribution in [3.05, 3.63) is 9.85 Å². The molecule has 0 saturated heterocycles. The van der Waals surface area contributed by atoms with Gasteiger partial charge in [0.05, 0.1) is 12.5 Å². The number of hydrogen-bond donors (Lipinski definition) is 0. The first-order valence-electron chi connectivity index (χ1n) is 3.08. The molecule has 0 aliphatic heterocycles. The second kappa shape index (κ2) is 5.59. The first kappa shape index (κ1) is 13.8. The van der Waals surface area contributed by atoms with Crippen molar-refractivity contribution in [3.8, 4) is 5.88 Å². The Morgan fingerprint density at radius 2 is 2.14 bits per heavy atom. The van der Waals surface area contributed by atoms with Crippen LogP contribution in [0.5, 0.6) is 5.88 Å². The third-order valence-corrected chi connectivity index (χ3v) is 2.69. The van der Waals surface area contributed by atoms with Gasteiger partial charge in [-0.15, -0.1) is 7.84 Å². The molecule has 0 aliphatic rings. The molecule has 1 rings (SSSR count). The smallest absolute Gasteiger partial charge is 0.396 e. The van der Waals surface area contributed by atoms with Crippen molar-refractivity contribution in [1.29, 1.82) is 0 Å². The van der Waals surface area contributed by atoms with Crippen LogP contribution in [0.15, 0.2) is 9.85 Å². The lowest BCUT2D eigenvalue weighted by Crippen LogP contribution is -2.23. The molecule has 0 amide bonds. The molecule has 0 N–H and O–H groups in total. The summed E-state index contributed by atoms with van der Waals surface area (Å²) in [5.74, 6) is 0.875. The number of ether oxygens (including phenoxy) is 1. The fraction of sp³-hybridized carbons (Fsp3) is 0.400. The topological polar surface area (TPSA) is 70.3 Å². The fourth-order valence-electron chi connectivity index (χ4n) is 0.600. The zero-order valence-electron chi connectivity index (χ0n) is 7.23. The molecule has 9 heteroatoms. The van der Waals surface area contributed by atoms with Gasteiger partial charge in [0.1, 0.15) is 16.0 Å². The van der Waals surface area contributed by atoms with Gasteiger partial charge in [-0.05, 0) is 15.9 Å². The van der Waals surface area contributed by atoms with Crippen molar-refractivity contribution in [3.63, 3.8) is 0 Å². The number of aromatic nitrogens is 1. The number of rotatable bonds is 1. The molecule has 0 spiro atoms. The molecule has 0 fully saturated rings. The highest BCUT2D eigenvalue weighted by Crippen LogP contribution is 2.21. The van der Waals surface area contributed by atoms with Gasteiger partial charge >= 0.3 is 5.88 Å². The first-order valence-corrected chi connectivity index (χ1v) is 6.02. The predicted molar refractivity (Wildman–Crippen MR) is 50.6 cm³/mol. The lowest BCUT2D eigenvalue weighted by atomic mass is 10.7. The minimum atomic E-state index is -5.42. The average Bonchev–Trinajstić information content (AvgIpc) is 2.27. The van der Waals surface area contributed by atoms with Gasteiger partial charge in [0, 0.05) is 0 Å².